The molecule has 0 aliphatic heterocycles. The largest absolute Gasteiger partial charge is 0.497 e. The molecule has 0 atom stereocenters. The standard InChI is InChI=1S/C13H19NO.ClH/c1-11(2)14-10-4-5-12-6-8-13(15-3)9-7-12;/h4-9,11,14H,10H2,1-3H3;1H/b5-4+;. The van der Waals surface area contributed by atoms with Crippen molar-refractivity contribution < 1.29 is 4.74 Å². The van der Waals surface area contributed by atoms with E-state index in [2.05, 4.69) is 31.3 Å². The molecule has 2 nitrogen and oxygen atoms in total. The third kappa shape index (κ3) is 5.79. The fourth-order valence-corrected chi connectivity index (χ4v) is 1.21. The Balaban J connectivity index is 0.00000225. The molecule has 1 aromatic rings. The Morgan fingerprint density at radius 3 is 2.38 bits per heavy atom. The molecule has 0 saturated heterocycles. The predicted octanol–water partition coefficient (Wildman–Crippen LogP) is 3.13. The lowest BCUT2D eigenvalue weighted by Crippen LogP contribution is -2.22. The second-order valence-corrected chi connectivity index (χ2v) is 3.74. The van der Waals surface area contributed by atoms with E-state index in [1.807, 2.05) is 24.3 Å². The average Bonchev–Trinajstić information content (AvgIpc) is 2.25. The van der Waals surface area contributed by atoms with E-state index in [-0.39, 0.29) is 12.4 Å². The Kier molecular flexibility index (Phi) is 7.69. The molecule has 0 saturated carbocycles. The summed E-state index contributed by atoms with van der Waals surface area (Å²) in [6.45, 7) is 5.19. The number of benzene rings is 1. The Morgan fingerprint density at radius 2 is 1.88 bits per heavy atom. The molecular weight excluding hydrogens is 222 g/mol. The summed E-state index contributed by atoms with van der Waals surface area (Å²) in [6.07, 6.45) is 4.23. The molecule has 3 heteroatoms. The van der Waals surface area contributed by atoms with Crippen LogP contribution in [0.25, 0.3) is 6.08 Å². The van der Waals surface area contributed by atoms with Crippen molar-refractivity contribution in [3.63, 3.8) is 0 Å². The van der Waals surface area contributed by atoms with Gasteiger partial charge in [-0.25, -0.2) is 0 Å². The molecule has 1 aromatic carbocycles. The van der Waals surface area contributed by atoms with Crippen LogP contribution in [0.2, 0.25) is 0 Å². The van der Waals surface area contributed by atoms with Crippen molar-refractivity contribution in [1.29, 1.82) is 0 Å². The normalized spacial score (nSPS) is 10.5. The van der Waals surface area contributed by atoms with Crippen molar-refractivity contribution in [2.24, 2.45) is 0 Å². The topological polar surface area (TPSA) is 21.3 Å². The fraction of sp³-hybridized carbons (Fsp3) is 0.385. The Morgan fingerprint density at radius 1 is 1.25 bits per heavy atom. The molecule has 0 aliphatic rings. The molecule has 1 N–H and O–H groups in total. The molecule has 0 aliphatic carbocycles. The Bertz CT molecular complexity index is 306. The number of hydrogen-bond acceptors (Lipinski definition) is 2. The van der Waals surface area contributed by atoms with Gasteiger partial charge in [0.05, 0.1) is 7.11 Å². The smallest absolute Gasteiger partial charge is 0.118 e. The van der Waals surface area contributed by atoms with Crippen molar-refractivity contribution in [1.82, 2.24) is 5.32 Å². The third-order valence-electron chi connectivity index (χ3n) is 2.07. The van der Waals surface area contributed by atoms with Gasteiger partial charge < -0.3 is 10.1 Å². The second-order valence-electron chi connectivity index (χ2n) is 3.74. The minimum atomic E-state index is 0. The lowest BCUT2D eigenvalue weighted by atomic mass is 10.2. The van der Waals surface area contributed by atoms with E-state index in [9.17, 15) is 0 Å². The van der Waals surface area contributed by atoms with Gasteiger partial charge in [0, 0.05) is 12.6 Å². The second kappa shape index (κ2) is 8.20. The van der Waals surface area contributed by atoms with Gasteiger partial charge in [-0.3, -0.25) is 0 Å². The number of methoxy groups -OCH3 is 1. The van der Waals surface area contributed by atoms with Gasteiger partial charge in [0.25, 0.3) is 0 Å². The highest BCUT2D eigenvalue weighted by Crippen LogP contribution is 2.11. The molecule has 0 amide bonds. The molecule has 0 aromatic heterocycles. The molecule has 0 heterocycles. The van der Waals surface area contributed by atoms with E-state index in [0.717, 1.165) is 12.3 Å². The molecule has 0 bridgehead atoms. The van der Waals surface area contributed by atoms with Crippen molar-refractivity contribution in [2.45, 2.75) is 19.9 Å². The van der Waals surface area contributed by atoms with Crippen LogP contribution < -0.4 is 10.1 Å². The van der Waals surface area contributed by atoms with Crippen molar-refractivity contribution in [2.75, 3.05) is 13.7 Å². The zero-order valence-corrected chi connectivity index (χ0v) is 10.9. The van der Waals surface area contributed by atoms with Crippen LogP contribution in [0.3, 0.4) is 0 Å². The van der Waals surface area contributed by atoms with E-state index < -0.39 is 0 Å². The Labute approximate surface area is 104 Å². The van der Waals surface area contributed by atoms with Crippen LogP contribution in [-0.4, -0.2) is 19.7 Å². The van der Waals surface area contributed by atoms with E-state index in [0.29, 0.717) is 6.04 Å². The van der Waals surface area contributed by atoms with Gasteiger partial charge in [-0.1, -0.05) is 38.1 Å². The van der Waals surface area contributed by atoms with Crippen LogP contribution in [0.5, 0.6) is 5.75 Å². The van der Waals surface area contributed by atoms with Crippen LogP contribution in [0.1, 0.15) is 19.4 Å². The molecule has 0 radical (unpaired) electrons. The minimum absolute atomic E-state index is 0. The van der Waals surface area contributed by atoms with Crippen LogP contribution in [0, 0.1) is 0 Å². The van der Waals surface area contributed by atoms with Crippen LogP contribution in [-0.2, 0) is 0 Å². The summed E-state index contributed by atoms with van der Waals surface area (Å²) < 4.78 is 5.09. The lowest BCUT2D eigenvalue weighted by Gasteiger charge is -2.03. The van der Waals surface area contributed by atoms with Crippen LogP contribution in [0.15, 0.2) is 30.3 Å². The zero-order valence-electron chi connectivity index (χ0n) is 10.1. The van der Waals surface area contributed by atoms with Crippen molar-refractivity contribution >= 4 is 18.5 Å². The first-order valence-corrected chi connectivity index (χ1v) is 5.26. The first kappa shape index (κ1) is 15.0. The SMILES string of the molecule is COc1ccc(/C=C/CNC(C)C)cc1.Cl. The van der Waals surface area contributed by atoms with Crippen molar-refractivity contribution in [3.05, 3.63) is 35.9 Å². The summed E-state index contributed by atoms with van der Waals surface area (Å²) in [6, 6.07) is 8.56. The summed E-state index contributed by atoms with van der Waals surface area (Å²) in [5, 5.41) is 3.33. The van der Waals surface area contributed by atoms with Gasteiger partial charge in [-0.2, -0.15) is 0 Å². The molecule has 0 spiro atoms. The molecule has 0 fully saturated rings. The molecule has 1 rings (SSSR count). The van der Waals surface area contributed by atoms with E-state index in [4.69, 9.17) is 4.74 Å². The van der Waals surface area contributed by atoms with Gasteiger partial charge >= 0.3 is 0 Å². The van der Waals surface area contributed by atoms with E-state index in [1.165, 1.54) is 5.56 Å². The highest BCUT2D eigenvalue weighted by Gasteiger charge is 1.90. The van der Waals surface area contributed by atoms with Gasteiger partial charge in [0.2, 0.25) is 0 Å². The number of rotatable bonds is 5. The van der Waals surface area contributed by atoms with Gasteiger partial charge in [-0.05, 0) is 17.7 Å². The summed E-state index contributed by atoms with van der Waals surface area (Å²) in [4.78, 5) is 0. The van der Waals surface area contributed by atoms with Crippen LogP contribution >= 0.6 is 12.4 Å². The first-order valence-electron chi connectivity index (χ1n) is 5.26. The summed E-state index contributed by atoms with van der Waals surface area (Å²) in [7, 11) is 1.68. The molecular formula is C13H20ClNO. The minimum Gasteiger partial charge on any atom is -0.497 e. The number of halogens is 1. The summed E-state index contributed by atoms with van der Waals surface area (Å²) in [5.41, 5.74) is 1.20. The molecule has 90 valence electrons. The van der Waals surface area contributed by atoms with Gasteiger partial charge in [-0.15, -0.1) is 12.4 Å². The fourth-order valence-electron chi connectivity index (χ4n) is 1.21. The maximum absolute atomic E-state index is 5.09. The number of nitrogens with one attached hydrogen (secondary N) is 1. The molecule has 0 unspecified atom stereocenters. The quantitative estimate of drug-likeness (QED) is 0.855. The lowest BCUT2D eigenvalue weighted by molar-refractivity contribution is 0.415. The zero-order chi connectivity index (χ0) is 11.1. The first-order chi connectivity index (χ1) is 7.22. The monoisotopic (exact) mass is 241 g/mol. The van der Waals surface area contributed by atoms with Gasteiger partial charge in [0.15, 0.2) is 0 Å². The highest BCUT2D eigenvalue weighted by molar-refractivity contribution is 5.85. The predicted molar refractivity (Wildman–Crippen MR) is 72.4 cm³/mol. The van der Waals surface area contributed by atoms with Crippen molar-refractivity contribution in [3.8, 4) is 5.75 Å². The maximum Gasteiger partial charge on any atom is 0.118 e. The van der Waals surface area contributed by atoms with Crippen LogP contribution in [0.4, 0.5) is 0 Å². The number of hydrogen-bond donors (Lipinski definition) is 1. The summed E-state index contributed by atoms with van der Waals surface area (Å²) in [5.74, 6) is 0.896. The molecule has 16 heavy (non-hydrogen) atoms. The maximum atomic E-state index is 5.09. The van der Waals surface area contributed by atoms with E-state index in [1.54, 1.807) is 7.11 Å². The highest BCUT2D eigenvalue weighted by atomic mass is 35.5. The van der Waals surface area contributed by atoms with E-state index >= 15 is 0 Å². The average molecular weight is 242 g/mol. The third-order valence-corrected chi connectivity index (χ3v) is 2.07. The van der Waals surface area contributed by atoms with Gasteiger partial charge in [0.1, 0.15) is 5.75 Å². The number of ether oxygens (including phenoxy) is 1. The Hall–Kier alpha value is -0.990. The summed E-state index contributed by atoms with van der Waals surface area (Å²) >= 11 is 0.